The molecule has 3 N–H and O–H groups in total. The molecule has 2 aliphatic carbocycles. The number of benzene rings is 3. The molecule has 47 heavy (non-hydrogen) atoms. The second-order valence-electron chi connectivity index (χ2n) is 13.7. The Bertz CT molecular complexity index is 1600. The van der Waals surface area contributed by atoms with Crippen LogP contribution in [0.3, 0.4) is 0 Å². The summed E-state index contributed by atoms with van der Waals surface area (Å²) in [7, 11) is 6.93. The quantitative estimate of drug-likeness (QED) is 0.229. The van der Waals surface area contributed by atoms with Crippen molar-refractivity contribution < 1.29 is 34.3 Å². The fourth-order valence-electron chi connectivity index (χ4n) is 8.07. The van der Waals surface area contributed by atoms with Crippen molar-refractivity contribution in [3.8, 4) is 45.6 Å². The molecule has 1 saturated carbocycles. The van der Waals surface area contributed by atoms with E-state index in [1.165, 1.54) is 19.1 Å². The molecule has 0 spiro atoms. The van der Waals surface area contributed by atoms with E-state index in [1.807, 2.05) is 45.9 Å². The summed E-state index contributed by atoms with van der Waals surface area (Å²) in [4.78, 5) is 0. The van der Waals surface area contributed by atoms with E-state index in [1.54, 1.807) is 19.2 Å². The first-order valence-electron chi connectivity index (χ1n) is 17.1. The number of aliphatic hydroxyl groups is 1. The summed E-state index contributed by atoms with van der Waals surface area (Å²) in [6.07, 6.45) is 7.87. The highest BCUT2D eigenvalue weighted by Gasteiger charge is 2.43. The van der Waals surface area contributed by atoms with Gasteiger partial charge in [0.05, 0.1) is 20.3 Å². The van der Waals surface area contributed by atoms with E-state index >= 15 is 0 Å². The van der Waals surface area contributed by atoms with Crippen molar-refractivity contribution in [2.24, 2.45) is 5.92 Å². The van der Waals surface area contributed by atoms with Crippen LogP contribution < -0.4 is 18.9 Å². The molecule has 5 atom stereocenters. The van der Waals surface area contributed by atoms with Crippen LogP contribution >= 0.6 is 21.6 Å². The Morgan fingerprint density at radius 2 is 1.64 bits per heavy atom. The minimum Gasteiger partial charge on any atom is -0.508 e. The number of rotatable bonds is 5. The van der Waals surface area contributed by atoms with E-state index in [0.29, 0.717) is 23.0 Å². The van der Waals surface area contributed by atoms with E-state index in [-0.39, 0.29) is 29.4 Å². The van der Waals surface area contributed by atoms with Gasteiger partial charge in [-0.3, -0.25) is 0 Å². The lowest BCUT2D eigenvalue weighted by atomic mass is 9.71. The first kappa shape index (κ1) is 32.7. The van der Waals surface area contributed by atoms with Gasteiger partial charge in [-0.25, -0.2) is 0 Å². The predicted octanol–water partition coefficient (Wildman–Crippen LogP) is 8.91. The fraction of sp³-hybridized carbons (Fsp3) is 0.526. The topological polar surface area (TPSA) is 97.6 Å². The van der Waals surface area contributed by atoms with Gasteiger partial charge < -0.3 is 34.3 Å². The third-order valence-corrected chi connectivity index (χ3v) is 13.1. The molecular formula is C38H46O7S2. The minimum absolute atomic E-state index is 0.0257. The summed E-state index contributed by atoms with van der Waals surface area (Å²) in [5.74, 6) is 4.78. The van der Waals surface area contributed by atoms with Gasteiger partial charge >= 0.3 is 0 Å². The average Bonchev–Trinajstić information content (AvgIpc) is 3.09. The number of hydrogen-bond acceptors (Lipinski definition) is 9. The van der Waals surface area contributed by atoms with E-state index < -0.39 is 12.2 Å². The summed E-state index contributed by atoms with van der Waals surface area (Å²) >= 11 is 0. The van der Waals surface area contributed by atoms with Crippen molar-refractivity contribution in [3.63, 3.8) is 0 Å². The number of hydrogen-bond donors (Lipinski definition) is 3. The lowest BCUT2D eigenvalue weighted by Gasteiger charge is -2.41. The summed E-state index contributed by atoms with van der Waals surface area (Å²) < 4.78 is 24.8. The molecule has 4 aliphatic rings. The number of phenols is 2. The molecule has 7 nitrogen and oxygen atoms in total. The van der Waals surface area contributed by atoms with Crippen molar-refractivity contribution in [1.82, 2.24) is 0 Å². The van der Waals surface area contributed by atoms with Crippen LogP contribution in [0.5, 0.6) is 34.5 Å². The number of aliphatic hydroxyl groups excluding tert-OH is 1. The summed E-state index contributed by atoms with van der Waals surface area (Å²) in [6.45, 7) is 2.34. The normalized spacial score (nSPS) is 26.1. The van der Waals surface area contributed by atoms with Crippen molar-refractivity contribution >= 4 is 21.6 Å². The molecule has 1 fully saturated rings. The van der Waals surface area contributed by atoms with Gasteiger partial charge in [-0.15, -0.1) is 0 Å². The van der Waals surface area contributed by atoms with E-state index in [9.17, 15) is 15.3 Å². The smallest absolute Gasteiger partial charge is 0.200 e. The number of methoxy groups -OCH3 is 2. The molecule has 0 radical (unpaired) electrons. The molecule has 0 unspecified atom stereocenters. The van der Waals surface area contributed by atoms with Gasteiger partial charge in [0.25, 0.3) is 0 Å². The SMILES string of the molecule is COc1cc([C@@H]2Oc3cc(OC)c4c5c3[C@H](CSSCC[C@H](C)CC[C@H](C5)c3cc(O)ccc3-4)[C@H]2O)cc(OC2CCCCC2)c1O. The van der Waals surface area contributed by atoms with Crippen LogP contribution in [-0.2, 0) is 6.42 Å². The summed E-state index contributed by atoms with van der Waals surface area (Å²) in [6, 6.07) is 11.3. The molecule has 3 aromatic rings. The Kier molecular flexibility index (Phi) is 9.68. The molecule has 252 valence electrons. The van der Waals surface area contributed by atoms with Crippen LogP contribution in [0.1, 0.15) is 98.5 Å². The molecule has 9 heteroatoms. The van der Waals surface area contributed by atoms with E-state index in [0.717, 1.165) is 96.6 Å². The molecule has 2 aliphatic heterocycles. The number of fused-ring (bicyclic) bond motifs is 4. The standard InChI is InChI=1S/C38H46O7S2/c1-21-9-10-22-15-28-34(26-12-11-24(39)18-27(22)26)30(42-2)19-31-35(28)29(20-47-46-14-13-21)36(40)38(45-31)23-16-32(43-3)37(41)33(17-23)44-25-7-5-4-6-8-25/h11-12,16-19,21-22,25,29,36,38-41H,4-10,13-15,20H2,1-3H3/t21-,22-,29+,36-,38+/m1/s1. The van der Waals surface area contributed by atoms with E-state index in [4.69, 9.17) is 18.9 Å². The van der Waals surface area contributed by atoms with Crippen molar-refractivity contribution in [2.75, 3.05) is 25.7 Å². The Morgan fingerprint density at radius 3 is 2.43 bits per heavy atom. The van der Waals surface area contributed by atoms with Gasteiger partial charge in [0.15, 0.2) is 17.6 Å². The zero-order valence-corrected chi connectivity index (χ0v) is 29.1. The Labute approximate surface area is 285 Å². The van der Waals surface area contributed by atoms with Crippen LogP contribution in [-0.4, -0.2) is 53.3 Å². The number of ether oxygens (including phenoxy) is 4. The van der Waals surface area contributed by atoms with Gasteiger partial charge in [-0.2, -0.15) is 0 Å². The highest BCUT2D eigenvalue weighted by Crippen LogP contribution is 2.56. The first-order valence-corrected chi connectivity index (χ1v) is 19.6. The lowest BCUT2D eigenvalue weighted by Crippen LogP contribution is -2.37. The minimum atomic E-state index is -0.853. The number of phenolic OH excluding ortho intramolecular Hbond substituents is 2. The highest BCUT2D eigenvalue weighted by molar-refractivity contribution is 8.76. The Morgan fingerprint density at radius 1 is 0.851 bits per heavy atom. The molecule has 7 rings (SSSR count). The predicted molar refractivity (Wildman–Crippen MR) is 189 cm³/mol. The fourth-order valence-corrected chi connectivity index (χ4v) is 10.7. The van der Waals surface area contributed by atoms with Crippen molar-refractivity contribution in [1.29, 1.82) is 0 Å². The molecule has 0 aromatic heterocycles. The maximum Gasteiger partial charge on any atom is 0.200 e. The van der Waals surface area contributed by atoms with E-state index in [2.05, 4.69) is 6.92 Å². The molecular weight excluding hydrogens is 633 g/mol. The number of aromatic hydroxyl groups is 2. The lowest BCUT2D eigenvalue weighted by molar-refractivity contribution is 0.00409. The Balaban J connectivity index is 1.35. The first-order chi connectivity index (χ1) is 22.9. The van der Waals surface area contributed by atoms with Gasteiger partial charge in [-0.1, -0.05) is 47.4 Å². The average molecular weight is 679 g/mol. The largest absolute Gasteiger partial charge is 0.508 e. The van der Waals surface area contributed by atoms with Crippen LogP contribution in [0.4, 0.5) is 0 Å². The van der Waals surface area contributed by atoms with Crippen molar-refractivity contribution in [3.05, 3.63) is 58.7 Å². The monoisotopic (exact) mass is 678 g/mol. The highest BCUT2D eigenvalue weighted by atomic mass is 33.1. The summed E-state index contributed by atoms with van der Waals surface area (Å²) in [5.41, 5.74) is 6.21. The second-order valence-corrected chi connectivity index (χ2v) is 16.3. The third kappa shape index (κ3) is 6.35. The second kappa shape index (κ2) is 13.9. The zero-order valence-electron chi connectivity index (χ0n) is 27.5. The Hall–Kier alpha value is -2.88. The van der Waals surface area contributed by atoms with Crippen molar-refractivity contribution in [2.45, 2.75) is 94.9 Å². The molecule has 2 heterocycles. The maximum absolute atomic E-state index is 12.3. The molecule has 0 saturated heterocycles. The van der Waals surface area contributed by atoms with Gasteiger partial charge in [-0.05, 0) is 97.7 Å². The summed E-state index contributed by atoms with van der Waals surface area (Å²) in [5, 5.41) is 33.9. The molecule has 0 amide bonds. The molecule has 3 aromatic carbocycles. The maximum atomic E-state index is 12.3. The third-order valence-electron chi connectivity index (χ3n) is 10.7. The molecule has 2 bridgehead atoms. The van der Waals surface area contributed by atoms with Gasteiger partial charge in [0.2, 0.25) is 5.75 Å². The van der Waals surface area contributed by atoms with Crippen LogP contribution in [0.15, 0.2) is 36.4 Å². The van der Waals surface area contributed by atoms with Gasteiger partial charge in [0.1, 0.15) is 23.4 Å². The van der Waals surface area contributed by atoms with Crippen LogP contribution in [0.25, 0.3) is 11.1 Å². The van der Waals surface area contributed by atoms with Crippen LogP contribution in [0.2, 0.25) is 0 Å². The van der Waals surface area contributed by atoms with Crippen LogP contribution in [0, 0.1) is 5.92 Å². The zero-order chi connectivity index (χ0) is 32.7. The van der Waals surface area contributed by atoms with Gasteiger partial charge in [0, 0.05) is 40.2 Å².